The lowest BCUT2D eigenvalue weighted by Crippen LogP contribution is -2.43. The standard InChI is InChI=1S/C5H9NO3/c7-3-1-6-2-4(8)5(3)9/h1,3-5,7-9H,2H2/t3-,4-,5-/m1/s1. The average Bonchev–Trinajstić information content (AvgIpc) is 1.83. The van der Waals surface area contributed by atoms with Gasteiger partial charge in [-0.15, -0.1) is 0 Å². The second kappa shape index (κ2) is 2.43. The van der Waals surface area contributed by atoms with Gasteiger partial charge in [-0.05, 0) is 0 Å². The third-order valence-electron chi connectivity index (χ3n) is 1.29. The molecule has 0 aliphatic carbocycles. The van der Waals surface area contributed by atoms with Crippen molar-refractivity contribution in [1.82, 2.24) is 0 Å². The van der Waals surface area contributed by atoms with Crippen molar-refractivity contribution in [3.63, 3.8) is 0 Å². The van der Waals surface area contributed by atoms with E-state index in [1.54, 1.807) is 0 Å². The third-order valence-corrected chi connectivity index (χ3v) is 1.29. The predicted octanol–water partition coefficient (Wildman–Crippen LogP) is -1.85. The van der Waals surface area contributed by atoms with Crippen molar-refractivity contribution in [1.29, 1.82) is 0 Å². The van der Waals surface area contributed by atoms with E-state index in [-0.39, 0.29) is 6.54 Å². The van der Waals surface area contributed by atoms with E-state index < -0.39 is 18.3 Å². The Morgan fingerprint density at radius 2 is 2.00 bits per heavy atom. The predicted molar refractivity (Wildman–Crippen MR) is 31.4 cm³/mol. The van der Waals surface area contributed by atoms with E-state index in [9.17, 15) is 0 Å². The SMILES string of the molecule is O[C@@H]1[C@H](O)C=NC[C@H]1O. The van der Waals surface area contributed by atoms with Crippen LogP contribution in [0, 0.1) is 0 Å². The van der Waals surface area contributed by atoms with Crippen LogP contribution in [0.3, 0.4) is 0 Å². The van der Waals surface area contributed by atoms with E-state index in [0.717, 1.165) is 0 Å². The quantitative estimate of drug-likeness (QED) is 0.361. The van der Waals surface area contributed by atoms with E-state index >= 15 is 0 Å². The van der Waals surface area contributed by atoms with Crippen molar-refractivity contribution in [3.05, 3.63) is 0 Å². The van der Waals surface area contributed by atoms with E-state index in [0.29, 0.717) is 0 Å². The molecule has 4 heteroatoms. The highest BCUT2D eigenvalue weighted by atomic mass is 16.4. The lowest BCUT2D eigenvalue weighted by atomic mass is 10.1. The number of rotatable bonds is 0. The third kappa shape index (κ3) is 1.27. The van der Waals surface area contributed by atoms with Gasteiger partial charge in [0.1, 0.15) is 18.3 Å². The fraction of sp³-hybridized carbons (Fsp3) is 0.800. The lowest BCUT2D eigenvalue weighted by molar-refractivity contribution is -0.0335. The zero-order valence-electron chi connectivity index (χ0n) is 4.81. The van der Waals surface area contributed by atoms with Gasteiger partial charge in [-0.2, -0.15) is 0 Å². The molecule has 0 saturated carbocycles. The van der Waals surface area contributed by atoms with Crippen molar-refractivity contribution in [2.75, 3.05) is 6.54 Å². The van der Waals surface area contributed by atoms with Crippen molar-refractivity contribution in [3.8, 4) is 0 Å². The van der Waals surface area contributed by atoms with Gasteiger partial charge in [0, 0.05) is 6.21 Å². The van der Waals surface area contributed by atoms with Gasteiger partial charge in [0.05, 0.1) is 6.54 Å². The average molecular weight is 131 g/mol. The molecule has 0 saturated heterocycles. The Bertz CT molecular complexity index is 125. The maximum Gasteiger partial charge on any atom is 0.117 e. The molecule has 0 spiro atoms. The van der Waals surface area contributed by atoms with Crippen LogP contribution in [0.5, 0.6) is 0 Å². The van der Waals surface area contributed by atoms with Gasteiger partial charge in [-0.3, -0.25) is 4.99 Å². The Morgan fingerprint density at radius 3 is 2.44 bits per heavy atom. The molecule has 4 nitrogen and oxygen atoms in total. The molecule has 0 radical (unpaired) electrons. The number of nitrogens with zero attached hydrogens (tertiary/aromatic N) is 1. The molecule has 52 valence electrons. The van der Waals surface area contributed by atoms with Gasteiger partial charge in [-0.25, -0.2) is 0 Å². The van der Waals surface area contributed by atoms with Crippen LogP contribution in [-0.4, -0.2) is 46.4 Å². The molecule has 1 heterocycles. The Labute approximate surface area is 52.5 Å². The van der Waals surface area contributed by atoms with Crippen LogP contribution in [0.2, 0.25) is 0 Å². The zero-order valence-corrected chi connectivity index (χ0v) is 4.81. The van der Waals surface area contributed by atoms with Crippen LogP contribution in [0.4, 0.5) is 0 Å². The highest BCUT2D eigenvalue weighted by molar-refractivity contribution is 5.64. The van der Waals surface area contributed by atoms with Gasteiger partial charge < -0.3 is 15.3 Å². The van der Waals surface area contributed by atoms with E-state index in [2.05, 4.69) is 4.99 Å². The largest absolute Gasteiger partial charge is 0.388 e. The van der Waals surface area contributed by atoms with E-state index in [4.69, 9.17) is 15.3 Å². The van der Waals surface area contributed by atoms with Gasteiger partial charge in [0.25, 0.3) is 0 Å². The molecule has 9 heavy (non-hydrogen) atoms. The molecule has 1 aliphatic heterocycles. The number of aliphatic hydroxyl groups is 3. The van der Waals surface area contributed by atoms with Crippen molar-refractivity contribution in [2.45, 2.75) is 18.3 Å². The minimum atomic E-state index is -1.07. The molecule has 3 atom stereocenters. The first-order valence-corrected chi connectivity index (χ1v) is 2.76. The van der Waals surface area contributed by atoms with Crippen molar-refractivity contribution >= 4 is 6.21 Å². The molecule has 0 fully saturated rings. The second-order valence-corrected chi connectivity index (χ2v) is 2.06. The maximum absolute atomic E-state index is 8.85. The van der Waals surface area contributed by atoms with Crippen molar-refractivity contribution in [2.24, 2.45) is 4.99 Å². The summed E-state index contributed by atoms with van der Waals surface area (Å²) in [6.07, 6.45) is -1.75. The van der Waals surface area contributed by atoms with Gasteiger partial charge in [-0.1, -0.05) is 0 Å². The molecule has 0 aromatic heterocycles. The summed E-state index contributed by atoms with van der Waals surface area (Å²) < 4.78 is 0. The molecular formula is C5H9NO3. The van der Waals surface area contributed by atoms with Gasteiger partial charge >= 0.3 is 0 Å². The minimum absolute atomic E-state index is 0.179. The number of aliphatic imine (C=N–C) groups is 1. The first-order chi connectivity index (χ1) is 4.22. The van der Waals surface area contributed by atoms with Crippen molar-refractivity contribution < 1.29 is 15.3 Å². The lowest BCUT2D eigenvalue weighted by Gasteiger charge is -2.22. The molecular weight excluding hydrogens is 122 g/mol. The molecule has 3 N–H and O–H groups in total. The summed E-state index contributed by atoms with van der Waals surface area (Å²) in [7, 11) is 0. The summed E-state index contributed by atoms with van der Waals surface area (Å²) in [4.78, 5) is 3.60. The number of aliphatic hydroxyl groups excluding tert-OH is 3. The van der Waals surface area contributed by atoms with Crippen LogP contribution >= 0.6 is 0 Å². The van der Waals surface area contributed by atoms with E-state index in [1.807, 2.05) is 0 Å². The first-order valence-electron chi connectivity index (χ1n) is 2.76. The molecule has 1 aliphatic rings. The smallest absolute Gasteiger partial charge is 0.117 e. The minimum Gasteiger partial charge on any atom is -0.388 e. The van der Waals surface area contributed by atoms with Crippen LogP contribution < -0.4 is 0 Å². The highest BCUT2D eigenvalue weighted by Crippen LogP contribution is 2.03. The molecule has 0 aromatic carbocycles. The summed E-state index contributed by atoms with van der Waals surface area (Å²) in [5, 5.41) is 26.5. The van der Waals surface area contributed by atoms with Gasteiger partial charge in [0.15, 0.2) is 0 Å². The second-order valence-electron chi connectivity index (χ2n) is 2.06. The fourth-order valence-corrected chi connectivity index (χ4v) is 0.701. The molecule has 1 rings (SSSR count). The summed E-state index contributed by atoms with van der Waals surface area (Å²) in [5.74, 6) is 0. The fourth-order valence-electron chi connectivity index (χ4n) is 0.701. The maximum atomic E-state index is 8.85. The summed E-state index contributed by atoms with van der Waals surface area (Å²) >= 11 is 0. The highest BCUT2D eigenvalue weighted by Gasteiger charge is 2.25. The van der Waals surface area contributed by atoms with Gasteiger partial charge in [0.2, 0.25) is 0 Å². The molecule has 0 amide bonds. The Kier molecular flexibility index (Phi) is 1.80. The molecule has 0 unspecified atom stereocenters. The first kappa shape index (κ1) is 6.67. The molecule has 0 aromatic rings. The Balaban J connectivity index is 2.58. The zero-order chi connectivity index (χ0) is 6.85. The Morgan fingerprint density at radius 1 is 1.33 bits per heavy atom. The van der Waals surface area contributed by atoms with Crippen LogP contribution in [0.25, 0.3) is 0 Å². The molecule has 0 bridgehead atoms. The monoisotopic (exact) mass is 131 g/mol. The van der Waals surface area contributed by atoms with Crippen LogP contribution in [0.15, 0.2) is 4.99 Å². The van der Waals surface area contributed by atoms with E-state index in [1.165, 1.54) is 6.21 Å². The number of hydrogen-bond acceptors (Lipinski definition) is 4. The topological polar surface area (TPSA) is 73.0 Å². The normalized spacial score (nSPS) is 43.2. The Hall–Kier alpha value is -0.450. The summed E-state index contributed by atoms with van der Waals surface area (Å²) in [6, 6.07) is 0. The number of hydrogen-bond donors (Lipinski definition) is 3. The summed E-state index contributed by atoms with van der Waals surface area (Å²) in [5.41, 5.74) is 0. The summed E-state index contributed by atoms with van der Waals surface area (Å²) in [6.45, 7) is 0.179. The van der Waals surface area contributed by atoms with Crippen LogP contribution in [-0.2, 0) is 0 Å². The van der Waals surface area contributed by atoms with Crippen LogP contribution in [0.1, 0.15) is 0 Å².